The molecule has 0 aliphatic carbocycles. The summed E-state index contributed by atoms with van der Waals surface area (Å²) in [6.45, 7) is 0. The molecule has 23 heavy (non-hydrogen) atoms. The summed E-state index contributed by atoms with van der Waals surface area (Å²) < 4.78 is 0. The molecule has 8 nitrogen and oxygen atoms in total. The van der Waals surface area contributed by atoms with Crippen LogP contribution in [0.4, 0.5) is 0 Å². The van der Waals surface area contributed by atoms with E-state index in [1.165, 1.54) is 18.6 Å². The van der Waals surface area contributed by atoms with E-state index >= 15 is 0 Å². The average molecular weight is 317 g/mol. The number of aromatic nitrogens is 2. The van der Waals surface area contributed by atoms with Gasteiger partial charge in [0.05, 0.1) is 18.5 Å². The summed E-state index contributed by atoms with van der Waals surface area (Å²) in [7, 11) is 0. The molecule has 0 bridgehead atoms. The lowest BCUT2D eigenvalue weighted by Gasteiger charge is -2.09. The Morgan fingerprint density at radius 1 is 1.09 bits per heavy atom. The molecule has 0 saturated carbocycles. The van der Waals surface area contributed by atoms with Crippen molar-refractivity contribution in [1.82, 2.24) is 9.97 Å². The van der Waals surface area contributed by atoms with Gasteiger partial charge in [0.25, 0.3) is 5.91 Å². The van der Waals surface area contributed by atoms with Crippen molar-refractivity contribution in [2.75, 3.05) is 0 Å². The van der Waals surface area contributed by atoms with E-state index in [1.54, 1.807) is 30.3 Å². The van der Waals surface area contributed by atoms with Crippen LogP contribution in [0.25, 0.3) is 0 Å². The molecule has 0 radical (unpaired) electrons. The molecule has 0 saturated heterocycles. The molecule has 8 heteroatoms. The maximum atomic E-state index is 10.8. The summed E-state index contributed by atoms with van der Waals surface area (Å²) in [5, 5.41) is 17.3. The molecule has 4 N–H and O–H groups in total. The molecule has 0 aliphatic heterocycles. The zero-order valence-electron chi connectivity index (χ0n) is 12.0. The van der Waals surface area contributed by atoms with Gasteiger partial charge in [-0.3, -0.25) is 19.4 Å². The zero-order valence-corrected chi connectivity index (χ0v) is 12.0. The number of hydrogen-bond donors (Lipinski definition) is 3. The van der Waals surface area contributed by atoms with Gasteiger partial charge in [-0.15, -0.1) is 0 Å². The van der Waals surface area contributed by atoms with Crippen molar-refractivity contribution < 1.29 is 24.6 Å². The minimum Gasteiger partial charge on any atom is -0.481 e. The highest BCUT2D eigenvalue weighted by Gasteiger charge is 2.22. The van der Waals surface area contributed by atoms with Crippen molar-refractivity contribution in [3.05, 3.63) is 60.2 Å². The van der Waals surface area contributed by atoms with Gasteiger partial charge in [-0.05, 0) is 5.56 Å². The normalized spacial score (nSPS) is 10.8. The van der Waals surface area contributed by atoms with Crippen LogP contribution >= 0.6 is 0 Å². The molecule has 1 amide bonds. The number of rotatable bonds is 5. The van der Waals surface area contributed by atoms with Crippen LogP contribution in [0.2, 0.25) is 0 Å². The molecule has 0 aliphatic rings. The molecule has 0 fully saturated rings. The van der Waals surface area contributed by atoms with Crippen LogP contribution in [-0.2, 0) is 9.59 Å². The van der Waals surface area contributed by atoms with Gasteiger partial charge in [0.2, 0.25) is 0 Å². The Hall–Kier alpha value is -3.29. The molecule has 1 aromatic carbocycles. The third kappa shape index (κ3) is 6.34. The Labute approximate surface area is 131 Å². The predicted molar refractivity (Wildman–Crippen MR) is 79.6 cm³/mol. The van der Waals surface area contributed by atoms with E-state index in [2.05, 4.69) is 9.97 Å². The molecular weight excluding hydrogens is 302 g/mol. The monoisotopic (exact) mass is 317 g/mol. The zero-order chi connectivity index (χ0) is 17.2. The second-order valence-corrected chi connectivity index (χ2v) is 4.35. The first-order chi connectivity index (χ1) is 10.9. The second kappa shape index (κ2) is 8.88. The maximum Gasteiger partial charge on any atom is 0.311 e. The predicted octanol–water partition coefficient (Wildman–Crippen LogP) is 0.905. The lowest BCUT2D eigenvalue weighted by molar-refractivity contribution is -0.145. The van der Waals surface area contributed by atoms with Gasteiger partial charge in [0.15, 0.2) is 0 Å². The highest BCUT2D eigenvalue weighted by molar-refractivity contribution is 5.90. The summed E-state index contributed by atoms with van der Waals surface area (Å²) in [5.74, 6) is -3.74. The SMILES string of the molecule is NC(=O)c1cnccn1.O=C(O)C[C@H](C(=O)O)c1ccccc1. The summed E-state index contributed by atoms with van der Waals surface area (Å²) >= 11 is 0. The Kier molecular flexibility index (Phi) is 6.86. The van der Waals surface area contributed by atoms with Gasteiger partial charge in [0.1, 0.15) is 5.69 Å². The number of nitrogens with zero attached hydrogens (tertiary/aromatic N) is 2. The fraction of sp³-hybridized carbons (Fsp3) is 0.133. The summed E-state index contributed by atoms with van der Waals surface area (Å²) in [6, 6.07) is 8.35. The number of aliphatic carboxylic acids is 2. The van der Waals surface area contributed by atoms with Crippen LogP contribution in [0, 0.1) is 0 Å². The Bertz CT molecular complexity index is 661. The number of carboxylic acid groups (broad SMARTS) is 2. The van der Waals surface area contributed by atoms with E-state index in [1.807, 2.05) is 0 Å². The Morgan fingerprint density at radius 2 is 1.74 bits per heavy atom. The molecule has 0 unspecified atom stereocenters. The fourth-order valence-corrected chi connectivity index (χ4v) is 1.63. The van der Waals surface area contributed by atoms with Crippen molar-refractivity contribution in [2.45, 2.75) is 12.3 Å². The van der Waals surface area contributed by atoms with Gasteiger partial charge in [-0.1, -0.05) is 30.3 Å². The standard InChI is InChI=1S/C10H10O4.C5H5N3O/c11-9(12)6-8(10(13)14)7-4-2-1-3-5-7;6-5(9)4-3-7-1-2-8-4/h1-5,8H,6H2,(H,11,12)(H,13,14);1-3H,(H2,6,9)/t8-;/m0./s1. The number of primary amides is 1. The summed E-state index contributed by atoms with van der Waals surface area (Å²) in [6.07, 6.45) is 3.83. The van der Waals surface area contributed by atoms with Crippen molar-refractivity contribution >= 4 is 17.8 Å². The average Bonchev–Trinajstić information content (AvgIpc) is 2.54. The summed E-state index contributed by atoms with van der Waals surface area (Å²) in [4.78, 5) is 38.8. The largest absolute Gasteiger partial charge is 0.481 e. The van der Waals surface area contributed by atoms with Crippen LogP contribution in [0.15, 0.2) is 48.9 Å². The van der Waals surface area contributed by atoms with E-state index in [0.717, 1.165) is 0 Å². The van der Waals surface area contributed by atoms with Crippen LogP contribution in [0.3, 0.4) is 0 Å². The lowest BCUT2D eigenvalue weighted by atomic mass is 9.96. The van der Waals surface area contributed by atoms with E-state index in [-0.39, 0.29) is 12.1 Å². The number of amides is 1. The third-order valence-electron chi connectivity index (χ3n) is 2.69. The number of benzene rings is 1. The van der Waals surface area contributed by atoms with Gasteiger partial charge in [0, 0.05) is 12.4 Å². The smallest absolute Gasteiger partial charge is 0.311 e. The molecular formula is C15H15N3O5. The second-order valence-electron chi connectivity index (χ2n) is 4.35. The van der Waals surface area contributed by atoms with Crippen LogP contribution in [0.1, 0.15) is 28.4 Å². The van der Waals surface area contributed by atoms with Gasteiger partial charge >= 0.3 is 11.9 Å². The highest BCUT2D eigenvalue weighted by atomic mass is 16.4. The quantitative estimate of drug-likeness (QED) is 0.743. The van der Waals surface area contributed by atoms with Gasteiger partial charge < -0.3 is 15.9 Å². The first-order valence-electron chi connectivity index (χ1n) is 6.47. The Balaban J connectivity index is 0.000000253. The molecule has 0 spiro atoms. The summed E-state index contributed by atoms with van der Waals surface area (Å²) in [5.41, 5.74) is 5.58. The first kappa shape index (κ1) is 17.8. The first-order valence-corrected chi connectivity index (χ1v) is 6.47. The van der Waals surface area contributed by atoms with E-state index in [0.29, 0.717) is 5.56 Å². The van der Waals surface area contributed by atoms with Crippen molar-refractivity contribution in [3.63, 3.8) is 0 Å². The Morgan fingerprint density at radius 3 is 2.13 bits per heavy atom. The van der Waals surface area contributed by atoms with Crippen LogP contribution in [-0.4, -0.2) is 38.0 Å². The minimum absolute atomic E-state index is 0.192. The van der Waals surface area contributed by atoms with E-state index in [9.17, 15) is 14.4 Å². The minimum atomic E-state index is -1.11. The molecule has 1 heterocycles. The topological polar surface area (TPSA) is 143 Å². The van der Waals surface area contributed by atoms with Crippen LogP contribution in [0.5, 0.6) is 0 Å². The number of hydrogen-bond acceptors (Lipinski definition) is 5. The fourth-order valence-electron chi connectivity index (χ4n) is 1.63. The van der Waals surface area contributed by atoms with Crippen LogP contribution < -0.4 is 5.73 Å². The molecule has 2 rings (SSSR count). The van der Waals surface area contributed by atoms with E-state index in [4.69, 9.17) is 15.9 Å². The number of carbonyl (C=O) groups excluding carboxylic acids is 1. The van der Waals surface area contributed by atoms with Crippen molar-refractivity contribution in [3.8, 4) is 0 Å². The van der Waals surface area contributed by atoms with Gasteiger partial charge in [-0.2, -0.15) is 0 Å². The van der Waals surface area contributed by atoms with Gasteiger partial charge in [-0.25, -0.2) is 4.98 Å². The van der Waals surface area contributed by atoms with Crippen molar-refractivity contribution in [1.29, 1.82) is 0 Å². The highest BCUT2D eigenvalue weighted by Crippen LogP contribution is 2.19. The molecule has 2 aromatic rings. The van der Waals surface area contributed by atoms with E-state index < -0.39 is 23.8 Å². The number of carbonyl (C=O) groups is 3. The number of carboxylic acids is 2. The molecule has 120 valence electrons. The molecule has 1 atom stereocenters. The lowest BCUT2D eigenvalue weighted by Crippen LogP contribution is -2.15. The number of nitrogens with two attached hydrogens (primary N) is 1. The van der Waals surface area contributed by atoms with Crippen molar-refractivity contribution in [2.24, 2.45) is 5.73 Å². The maximum absolute atomic E-state index is 10.8. The third-order valence-corrected chi connectivity index (χ3v) is 2.69. The molecule has 1 aromatic heterocycles.